The zero-order valence-electron chi connectivity index (χ0n) is 22.4. The summed E-state index contributed by atoms with van der Waals surface area (Å²) in [5.41, 5.74) is 4.07. The van der Waals surface area contributed by atoms with Crippen molar-refractivity contribution in [3.05, 3.63) is 57.9 Å². The van der Waals surface area contributed by atoms with Crippen molar-refractivity contribution in [2.24, 2.45) is 17.6 Å². The van der Waals surface area contributed by atoms with Crippen molar-refractivity contribution in [2.75, 3.05) is 31.1 Å². The van der Waals surface area contributed by atoms with Gasteiger partial charge in [0.15, 0.2) is 22.9 Å². The number of phenols is 1. The standard InChI is InChI=1S/C29H29N3O9/c1-32(2)17-9-16(31-10-12-3-4-19-20(5-12)41-11-40-19)24(34)22-15(17)7-13-6-14-8-18(33)23(28(30)38)27(37)29(14,39)26(36)21(13)25(22)35/h3-5,9,13-14,31,34-35,37,39H,6-8,10-11H2,1-2H3,(H2,30,38). The number of rotatable bonds is 5. The number of Topliss-reactive ketones (excluding diaryl/α,β-unsaturated/α-hetero) is 2. The summed E-state index contributed by atoms with van der Waals surface area (Å²) in [6, 6.07) is 7.19. The first-order chi connectivity index (χ1) is 19.4. The van der Waals surface area contributed by atoms with Crippen LogP contribution in [0.5, 0.6) is 17.2 Å². The molecule has 7 N–H and O–H groups in total. The first-order valence-corrected chi connectivity index (χ1v) is 13.1. The number of nitrogens with one attached hydrogen (secondary N) is 1. The average molecular weight is 564 g/mol. The molecule has 0 spiro atoms. The van der Waals surface area contributed by atoms with E-state index in [9.17, 15) is 34.8 Å². The van der Waals surface area contributed by atoms with Crippen LogP contribution in [0.25, 0.3) is 5.76 Å². The summed E-state index contributed by atoms with van der Waals surface area (Å²) in [7, 11) is 3.62. The highest BCUT2D eigenvalue weighted by Crippen LogP contribution is 2.54. The van der Waals surface area contributed by atoms with Crippen molar-refractivity contribution < 1.29 is 44.3 Å². The van der Waals surface area contributed by atoms with Crippen LogP contribution in [-0.4, -0.2) is 64.4 Å². The third kappa shape index (κ3) is 3.81. The first-order valence-electron chi connectivity index (χ1n) is 13.1. The second-order valence-corrected chi connectivity index (χ2v) is 11.0. The van der Waals surface area contributed by atoms with Crippen LogP contribution in [0.1, 0.15) is 29.5 Å². The number of ketones is 2. The molecule has 2 aromatic rings. The molecule has 2 aromatic carbocycles. The van der Waals surface area contributed by atoms with E-state index >= 15 is 0 Å². The van der Waals surface area contributed by atoms with E-state index in [-0.39, 0.29) is 48.6 Å². The number of nitrogens with zero attached hydrogens (tertiary/aromatic N) is 1. The quantitative estimate of drug-likeness (QED) is 0.230. The minimum atomic E-state index is -2.61. The van der Waals surface area contributed by atoms with Crippen LogP contribution in [-0.2, 0) is 27.3 Å². The molecular weight excluding hydrogens is 534 g/mol. The van der Waals surface area contributed by atoms with E-state index in [1.54, 1.807) is 12.1 Å². The Bertz CT molecular complexity index is 1610. The Morgan fingerprint density at radius 1 is 1.12 bits per heavy atom. The Hall–Kier alpha value is -4.71. The highest BCUT2D eigenvalue weighted by Gasteiger charge is 2.60. The number of aromatic hydroxyl groups is 1. The summed E-state index contributed by atoms with van der Waals surface area (Å²) >= 11 is 0. The fourth-order valence-electron chi connectivity index (χ4n) is 6.45. The first kappa shape index (κ1) is 26.5. The zero-order valence-corrected chi connectivity index (χ0v) is 22.4. The summed E-state index contributed by atoms with van der Waals surface area (Å²) in [5, 5.41) is 48.2. The molecule has 3 aliphatic carbocycles. The predicted molar refractivity (Wildman–Crippen MR) is 146 cm³/mol. The smallest absolute Gasteiger partial charge is 0.255 e. The topological polar surface area (TPSA) is 192 Å². The number of fused-ring (bicyclic) bond motifs is 4. The van der Waals surface area contributed by atoms with Gasteiger partial charge in [-0.1, -0.05) is 6.07 Å². The number of aliphatic hydroxyl groups excluding tert-OH is 2. The molecule has 12 nitrogen and oxygen atoms in total. The minimum Gasteiger partial charge on any atom is -0.508 e. The SMILES string of the molecule is CN(C)c1cc(NCc2ccc3c(c2)OCO3)c(O)c2c1CC1CC3CC(=O)C(C(N)=O)=C(O)C3(O)C(=O)C1=C2O. The molecule has 0 radical (unpaired) electrons. The third-order valence-corrected chi connectivity index (χ3v) is 8.44. The Kier molecular flexibility index (Phi) is 5.93. The predicted octanol–water partition coefficient (Wildman–Crippen LogP) is 1.83. The molecule has 1 amide bonds. The van der Waals surface area contributed by atoms with Gasteiger partial charge in [0.25, 0.3) is 5.91 Å². The normalized spacial score (nSPS) is 24.6. The molecule has 0 saturated heterocycles. The molecule has 6 rings (SSSR count). The van der Waals surface area contributed by atoms with E-state index in [4.69, 9.17) is 15.2 Å². The molecule has 1 heterocycles. The number of benzene rings is 2. The summed E-state index contributed by atoms with van der Waals surface area (Å²) < 4.78 is 10.8. The van der Waals surface area contributed by atoms with E-state index in [0.717, 1.165) is 5.56 Å². The number of ether oxygens (including phenoxy) is 2. The van der Waals surface area contributed by atoms with Gasteiger partial charge in [0.1, 0.15) is 22.8 Å². The number of amides is 1. The maximum atomic E-state index is 13.8. The molecule has 1 saturated carbocycles. The van der Waals surface area contributed by atoms with Gasteiger partial charge in [-0.2, -0.15) is 0 Å². The Morgan fingerprint density at radius 3 is 2.56 bits per heavy atom. The average Bonchev–Trinajstić information content (AvgIpc) is 3.38. The van der Waals surface area contributed by atoms with Gasteiger partial charge in [0, 0.05) is 44.2 Å². The Labute approximate surface area is 234 Å². The Morgan fingerprint density at radius 2 is 1.85 bits per heavy atom. The van der Waals surface area contributed by atoms with Crippen molar-refractivity contribution in [3.63, 3.8) is 0 Å². The number of carbonyl (C=O) groups excluding carboxylic acids is 3. The number of carbonyl (C=O) groups is 3. The molecule has 3 atom stereocenters. The van der Waals surface area contributed by atoms with Crippen molar-refractivity contribution in [3.8, 4) is 17.2 Å². The molecule has 214 valence electrons. The van der Waals surface area contributed by atoms with Gasteiger partial charge in [-0.05, 0) is 48.1 Å². The van der Waals surface area contributed by atoms with Gasteiger partial charge in [-0.15, -0.1) is 0 Å². The number of primary amides is 1. The van der Waals surface area contributed by atoms with E-state index < -0.39 is 52.0 Å². The van der Waals surface area contributed by atoms with Crippen LogP contribution >= 0.6 is 0 Å². The molecule has 3 unspecified atom stereocenters. The van der Waals surface area contributed by atoms with Gasteiger partial charge < -0.3 is 45.9 Å². The number of hydrogen-bond acceptors (Lipinski definition) is 11. The molecule has 4 aliphatic rings. The lowest BCUT2D eigenvalue weighted by atomic mass is 9.59. The van der Waals surface area contributed by atoms with Crippen LogP contribution in [0.15, 0.2) is 41.2 Å². The second kappa shape index (κ2) is 9.16. The number of hydrogen-bond donors (Lipinski definition) is 6. The largest absolute Gasteiger partial charge is 0.508 e. The molecular formula is C29H29N3O9. The molecule has 41 heavy (non-hydrogen) atoms. The van der Waals surface area contributed by atoms with Crippen molar-refractivity contribution in [1.29, 1.82) is 0 Å². The van der Waals surface area contributed by atoms with Crippen molar-refractivity contribution in [1.82, 2.24) is 0 Å². The highest BCUT2D eigenvalue weighted by molar-refractivity contribution is 6.22. The maximum Gasteiger partial charge on any atom is 0.255 e. The zero-order chi connectivity index (χ0) is 29.4. The van der Waals surface area contributed by atoms with Crippen molar-refractivity contribution in [2.45, 2.75) is 31.4 Å². The fourth-order valence-corrected chi connectivity index (χ4v) is 6.45. The maximum absolute atomic E-state index is 13.8. The lowest BCUT2D eigenvalue weighted by Gasteiger charge is -2.46. The van der Waals surface area contributed by atoms with Gasteiger partial charge >= 0.3 is 0 Å². The molecule has 1 fully saturated rings. The minimum absolute atomic E-state index is 0.0246. The molecule has 0 bridgehead atoms. The summed E-state index contributed by atoms with van der Waals surface area (Å²) in [4.78, 5) is 40.0. The fraction of sp³-hybridized carbons (Fsp3) is 0.345. The van der Waals surface area contributed by atoms with Crippen LogP contribution in [0.2, 0.25) is 0 Å². The summed E-state index contributed by atoms with van der Waals surface area (Å²) in [6.45, 7) is 0.431. The molecule has 1 aliphatic heterocycles. The molecule has 12 heteroatoms. The van der Waals surface area contributed by atoms with Gasteiger partial charge in [0.2, 0.25) is 12.6 Å². The van der Waals surface area contributed by atoms with Crippen LogP contribution in [0, 0.1) is 11.8 Å². The van der Waals surface area contributed by atoms with Gasteiger partial charge in [-0.25, -0.2) is 0 Å². The van der Waals surface area contributed by atoms with Crippen LogP contribution in [0.4, 0.5) is 11.4 Å². The van der Waals surface area contributed by atoms with Gasteiger partial charge in [0.05, 0.1) is 11.3 Å². The van der Waals surface area contributed by atoms with Gasteiger partial charge in [-0.3, -0.25) is 14.4 Å². The monoisotopic (exact) mass is 563 g/mol. The number of aliphatic hydroxyl groups is 3. The highest BCUT2D eigenvalue weighted by atomic mass is 16.7. The Balaban J connectivity index is 1.43. The molecule has 0 aromatic heterocycles. The van der Waals surface area contributed by atoms with E-state index in [1.165, 1.54) is 0 Å². The summed E-state index contributed by atoms with van der Waals surface area (Å²) in [6.07, 6.45) is -0.0744. The lowest BCUT2D eigenvalue weighted by molar-refractivity contribution is -0.147. The number of nitrogens with two attached hydrogens (primary N) is 1. The lowest BCUT2D eigenvalue weighted by Crippen LogP contribution is -2.58. The summed E-state index contributed by atoms with van der Waals surface area (Å²) in [5.74, 6) is -5.36. The van der Waals surface area contributed by atoms with E-state index in [0.29, 0.717) is 29.3 Å². The third-order valence-electron chi connectivity index (χ3n) is 8.44. The van der Waals surface area contributed by atoms with Crippen LogP contribution in [0.3, 0.4) is 0 Å². The van der Waals surface area contributed by atoms with Crippen LogP contribution < -0.4 is 25.4 Å². The second-order valence-electron chi connectivity index (χ2n) is 11.0. The van der Waals surface area contributed by atoms with Crippen molar-refractivity contribution >= 4 is 34.6 Å². The number of anilines is 2. The van der Waals surface area contributed by atoms with E-state index in [1.807, 2.05) is 31.1 Å². The van der Waals surface area contributed by atoms with E-state index in [2.05, 4.69) is 5.32 Å². The number of phenolic OH excluding ortho intramolecular Hbond substituents is 1.